The fraction of sp³-hybridized carbons (Fsp3) is 0.750. The fourth-order valence-electron chi connectivity index (χ4n) is 1.59. The van der Waals surface area contributed by atoms with Crippen LogP contribution in [0.1, 0.15) is 53.9 Å². The van der Waals surface area contributed by atoms with Crippen molar-refractivity contribution in [2.24, 2.45) is 17.8 Å². The van der Waals surface area contributed by atoms with Gasteiger partial charge in [-0.1, -0.05) is 58.8 Å². The Morgan fingerprint density at radius 1 is 1.12 bits per heavy atom. The molecular formula is C16H30O. The Labute approximate surface area is 108 Å². The van der Waals surface area contributed by atoms with Gasteiger partial charge in [0.25, 0.3) is 0 Å². The Morgan fingerprint density at radius 3 is 2.29 bits per heavy atom. The molecule has 17 heavy (non-hydrogen) atoms. The molecule has 0 aliphatic rings. The number of hydrogen-bond donors (Lipinski definition) is 1. The minimum absolute atomic E-state index is 0.159. The van der Waals surface area contributed by atoms with E-state index in [9.17, 15) is 0 Å². The maximum absolute atomic E-state index is 8.84. The first-order valence-corrected chi connectivity index (χ1v) is 6.90. The summed E-state index contributed by atoms with van der Waals surface area (Å²) in [4.78, 5) is 0. The first kappa shape index (κ1) is 16.4. The average Bonchev–Trinajstić information content (AvgIpc) is 2.30. The van der Waals surface area contributed by atoms with Gasteiger partial charge in [0.05, 0.1) is 6.61 Å². The third kappa shape index (κ3) is 9.17. The molecule has 0 saturated carbocycles. The van der Waals surface area contributed by atoms with E-state index in [1.54, 1.807) is 0 Å². The van der Waals surface area contributed by atoms with Crippen molar-refractivity contribution < 1.29 is 5.11 Å². The van der Waals surface area contributed by atoms with Crippen LogP contribution >= 0.6 is 0 Å². The van der Waals surface area contributed by atoms with Gasteiger partial charge in [0.1, 0.15) is 0 Å². The van der Waals surface area contributed by atoms with Crippen molar-refractivity contribution >= 4 is 0 Å². The van der Waals surface area contributed by atoms with Crippen LogP contribution in [-0.2, 0) is 0 Å². The monoisotopic (exact) mass is 238 g/mol. The molecule has 0 heterocycles. The summed E-state index contributed by atoms with van der Waals surface area (Å²) >= 11 is 0. The molecule has 0 rings (SSSR count). The molecule has 0 fully saturated rings. The van der Waals surface area contributed by atoms with Crippen LogP contribution in [0, 0.1) is 17.8 Å². The fourth-order valence-corrected chi connectivity index (χ4v) is 1.59. The van der Waals surface area contributed by atoms with Gasteiger partial charge in [0.15, 0.2) is 0 Å². The topological polar surface area (TPSA) is 20.2 Å². The predicted molar refractivity (Wildman–Crippen MR) is 77.0 cm³/mol. The summed E-state index contributed by atoms with van der Waals surface area (Å²) in [7, 11) is 0. The van der Waals surface area contributed by atoms with Gasteiger partial charge in [-0.2, -0.15) is 0 Å². The molecule has 0 aliphatic carbocycles. The predicted octanol–water partition coefficient (Wildman–Crippen LogP) is 4.58. The van der Waals surface area contributed by atoms with E-state index in [2.05, 4.69) is 39.8 Å². The molecule has 0 aromatic rings. The second-order valence-corrected chi connectivity index (χ2v) is 5.74. The van der Waals surface area contributed by atoms with Gasteiger partial charge >= 0.3 is 0 Å². The quantitative estimate of drug-likeness (QED) is 0.614. The lowest BCUT2D eigenvalue weighted by atomic mass is 9.89. The molecule has 1 N–H and O–H groups in total. The van der Waals surface area contributed by atoms with Crippen molar-refractivity contribution in [2.75, 3.05) is 6.61 Å². The number of rotatable bonds is 8. The maximum atomic E-state index is 8.84. The summed E-state index contributed by atoms with van der Waals surface area (Å²) in [5, 5.41) is 8.84. The minimum Gasteiger partial charge on any atom is -0.392 e. The molecular weight excluding hydrogens is 208 g/mol. The Morgan fingerprint density at radius 2 is 1.76 bits per heavy atom. The molecule has 2 unspecified atom stereocenters. The van der Waals surface area contributed by atoms with Gasteiger partial charge in [-0.15, -0.1) is 0 Å². The molecule has 0 radical (unpaired) electrons. The highest BCUT2D eigenvalue weighted by Crippen LogP contribution is 2.20. The highest BCUT2D eigenvalue weighted by Gasteiger charge is 2.08. The number of hydrogen-bond acceptors (Lipinski definition) is 1. The molecule has 0 aromatic carbocycles. The highest BCUT2D eigenvalue weighted by atomic mass is 16.3. The maximum Gasteiger partial charge on any atom is 0.0642 e. The lowest BCUT2D eigenvalue weighted by molar-refractivity contribution is 0.331. The van der Waals surface area contributed by atoms with Crippen LogP contribution in [0.5, 0.6) is 0 Å². The van der Waals surface area contributed by atoms with E-state index in [0.29, 0.717) is 0 Å². The zero-order chi connectivity index (χ0) is 13.3. The molecule has 0 bridgehead atoms. The van der Waals surface area contributed by atoms with Crippen molar-refractivity contribution in [3.8, 4) is 0 Å². The SMILES string of the molecule is C/C(=C\C=C\CC(C)CCC(C)C(C)C)CO. The Balaban J connectivity index is 3.76. The van der Waals surface area contributed by atoms with Crippen LogP contribution in [0.25, 0.3) is 0 Å². The number of aliphatic hydroxyl groups is 1. The molecule has 0 saturated heterocycles. The van der Waals surface area contributed by atoms with Crippen molar-refractivity contribution in [3.63, 3.8) is 0 Å². The van der Waals surface area contributed by atoms with Crippen LogP contribution in [0.2, 0.25) is 0 Å². The van der Waals surface area contributed by atoms with Crippen LogP contribution in [-0.4, -0.2) is 11.7 Å². The first-order chi connectivity index (χ1) is 7.97. The summed E-state index contributed by atoms with van der Waals surface area (Å²) in [5.41, 5.74) is 1.02. The van der Waals surface area contributed by atoms with E-state index in [4.69, 9.17) is 5.11 Å². The Kier molecular flexibility index (Phi) is 9.16. The molecule has 100 valence electrons. The van der Waals surface area contributed by atoms with Crippen LogP contribution in [0.15, 0.2) is 23.8 Å². The van der Waals surface area contributed by atoms with Gasteiger partial charge in [-0.3, -0.25) is 0 Å². The second-order valence-electron chi connectivity index (χ2n) is 5.74. The second kappa shape index (κ2) is 9.47. The van der Waals surface area contributed by atoms with Gasteiger partial charge in [-0.05, 0) is 36.7 Å². The molecule has 1 heteroatoms. The van der Waals surface area contributed by atoms with E-state index in [1.807, 2.05) is 13.0 Å². The van der Waals surface area contributed by atoms with Gasteiger partial charge in [0, 0.05) is 0 Å². The minimum atomic E-state index is 0.159. The van der Waals surface area contributed by atoms with E-state index < -0.39 is 0 Å². The van der Waals surface area contributed by atoms with Crippen LogP contribution < -0.4 is 0 Å². The summed E-state index contributed by atoms with van der Waals surface area (Å²) in [6.45, 7) is 11.4. The van der Waals surface area contributed by atoms with Gasteiger partial charge in [0.2, 0.25) is 0 Å². The van der Waals surface area contributed by atoms with Crippen molar-refractivity contribution in [1.82, 2.24) is 0 Å². The normalized spacial score (nSPS) is 16.8. The van der Waals surface area contributed by atoms with E-state index >= 15 is 0 Å². The molecule has 0 amide bonds. The Hall–Kier alpha value is -0.560. The highest BCUT2D eigenvalue weighted by molar-refractivity contribution is 5.10. The molecule has 0 spiro atoms. The van der Waals surface area contributed by atoms with Crippen LogP contribution in [0.4, 0.5) is 0 Å². The zero-order valence-corrected chi connectivity index (χ0v) is 12.2. The molecule has 1 nitrogen and oxygen atoms in total. The lowest BCUT2D eigenvalue weighted by Crippen LogP contribution is -2.05. The third-order valence-corrected chi connectivity index (χ3v) is 3.56. The smallest absolute Gasteiger partial charge is 0.0642 e. The zero-order valence-electron chi connectivity index (χ0n) is 12.2. The molecule has 2 atom stereocenters. The van der Waals surface area contributed by atoms with Gasteiger partial charge in [-0.25, -0.2) is 0 Å². The average molecular weight is 238 g/mol. The van der Waals surface area contributed by atoms with E-state index in [-0.39, 0.29) is 6.61 Å². The molecule has 0 aromatic heterocycles. The first-order valence-electron chi connectivity index (χ1n) is 6.90. The number of allylic oxidation sites excluding steroid dienone is 3. The summed E-state index contributed by atoms with van der Waals surface area (Å²) in [6.07, 6.45) is 10.0. The molecule has 0 aliphatic heterocycles. The summed E-state index contributed by atoms with van der Waals surface area (Å²) in [5.74, 6) is 2.39. The number of aliphatic hydroxyl groups excluding tert-OH is 1. The van der Waals surface area contributed by atoms with Crippen molar-refractivity contribution in [1.29, 1.82) is 0 Å². The standard InChI is InChI=1S/C16H30O/c1-13(2)16(5)11-10-14(3)8-6-7-9-15(4)12-17/h6-7,9,13-14,16-17H,8,10-12H2,1-5H3/b7-6+,15-9+. The summed E-state index contributed by atoms with van der Waals surface area (Å²) < 4.78 is 0. The lowest BCUT2D eigenvalue weighted by Gasteiger charge is -2.17. The van der Waals surface area contributed by atoms with E-state index in [0.717, 1.165) is 29.7 Å². The van der Waals surface area contributed by atoms with Crippen molar-refractivity contribution in [2.45, 2.75) is 53.9 Å². The largest absolute Gasteiger partial charge is 0.392 e. The summed E-state index contributed by atoms with van der Waals surface area (Å²) in [6, 6.07) is 0. The van der Waals surface area contributed by atoms with Gasteiger partial charge < -0.3 is 5.11 Å². The van der Waals surface area contributed by atoms with Crippen molar-refractivity contribution in [3.05, 3.63) is 23.8 Å². The van der Waals surface area contributed by atoms with E-state index in [1.165, 1.54) is 12.8 Å². The Bertz CT molecular complexity index is 238. The third-order valence-electron chi connectivity index (χ3n) is 3.56. The van der Waals surface area contributed by atoms with Crippen LogP contribution in [0.3, 0.4) is 0 Å².